The standard InChI is InChI=1S/C12H26NO5P/c1-7-10(13-11(14)18-12(4,5)6)19(15,16-8-2)17-9-3/h10H,7-9H2,1-6H3,(H,13,14). The number of hydrogen-bond donors (Lipinski definition) is 1. The van der Waals surface area contributed by atoms with Crippen LogP contribution in [0.15, 0.2) is 0 Å². The van der Waals surface area contributed by atoms with Crippen LogP contribution in [0.3, 0.4) is 0 Å². The van der Waals surface area contributed by atoms with Crippen LogP contribution in [0.5, 0.6) is 0 Å². The molecule has 0 bridgehead atoms. The van der Waals surface area contributed by atoms with Crippen LogP contribution in [0, 0.1) is 0 Å². The molecular weight excluding hydrogens is 269 g/mol. The van der Waals surface area contributed by atoms with Gasteiger partial charge in [0.25, 0.3) is 0 Å². The summed E-state index contributed by atoms with van der Waals surface area (Å²) in [5.41, 5.74) is -0.608. The van der Waals surface area contributed by atoms with E-state index >= 15 is 0 Å². The van der Waals surface area contributed by atoms with Crippen LogP contribution in [-0.2, 0) is 18.3 Å². The number of rotatable bonds is 7. The highest BCUT2D eigenvalue weighted by Gasteiger charge is 2.36. The molecule has 114 valence electrons. The van der Waals surface area contributed by atoms with E-state index < -0.39 is 25.1 Å². The Morgan fingerprint density at radius 1 is 1.16 bits per heavy atom. The van der Waals surface area contributed by atoms with Crippen LogP contribution in [-0.4, -0.2) is 30.7 Å². The number of alkyl carbamates (subject to hydrolysis) is 1. The molecule has 7 heteroatoms. The van der Waals surface area contributed by atoms with Gasteiger partial charge >= 0.3 is 13.7 Å². The summed E-state index contributed by atoms with van der Waals surface area (Å²) in [6.45, 7) is 11.0. The lowest BCUT2D eigenvalue weighted by molar-refractivity contribution is 0.0508. The maximum absolute atomic E-state index is 12.5. The van der Waals surface area contributed by atoms with E-state index in [1.54, 1.807) is 41.5 Å². The Morgan fingerprint density at radius 2 is 1.63 bits per heavy atom. The van der Waals surface area contributed by atoms with Crippen LogP contribution < -0.4 is 5.32 Å². The van der Waals surface area contributed by atoms with Crippen LogP contribution >= 0.6 is 7.60 Å². The van der Waals surface area contributed by atoms with Gasteiger partial charge in [0.05, 0.1) is 13.2 Å². The quantitative estimate of drug-likeness (QED) is 0.727. The molecule has 0 aromatic heterocycles. The highest BCUT2D eigenvalue weighted by atomic mass is 31.2. The second kappa shape index (κ2) is 7.88. The maximum Gasteiger partial charge on any atom is 0.408 e. The minimum absolute atomic E-state index is 0.254. The Morgan fingerprint density at radius 3 is 1.95 bits per heavy atom. The van der Waals surface area contributed by atoms with Gasteiger partial charge in [-0.2, -0.15) is 0 Å². The number of carbonyl (C=O) groups is 1. The Balaban J connectivity index is 4.79. The van der Waals surface area contributed by atoms with Crippen molar-refractivity contribution in [2.45, 2.75) is 59.3 Å². The molecule has 0 aliphatic carbocycles. The average Bonchev–Trinajstić information content (AvgIpc) is 2.23. The Bertz CT molecular complexity index is 317. The van der Waals surface area contributed by atoms with Gasteiger partial charge in [-0.05, 0) is 41.0 Å². The zero-order chi connectivity index (χ0) is 15.1. The molecule has 0 fully saturated rings. The van der Waals surface area contributed by atoms with Crippen molar-refractivity contribution >= 4 is 13.7 Å². The molecule has 0 heterocycles. The van der Waals surface area contributed by atoms with Crippen molar-refractivity contribution < 1.29 is 23.1 Å². The van der Waals surface area contributed by atoms with Crippen molar-refractivity contribution in [1.29, 1.82) is 0 Å². The van der Waals surface area contributed by atoms with E-state index in [2.05, 4.69) is 5.32 Å². The molecule has 0 aliphatic heterocycles. The van der Waals surface area contributed by atoms with E-state index in [-0.39, 0.29) is 13.2 Å². The summed E-state index contributed by atoms with van der Waals surface area (Å²) in [5, 5.41) is 2.56. The van der Waals surface area contributed by atoms with Crippen molar-refractivity contribution in [2.75, 3.05) is 13.2 Å². The largest absolute Gasteiger partial charge is 0.444 e. The predicted molar refractivity (Wildman–Crippen MR) is 74.3 cm³/mol. The zero-order valence-electron chi connectivity index (χ0n) is 12.7. The zero-order valence-corrected chi connectivity index (χ0v) is 13.6. The number of ether oxygens (including phenoxy) is 1. The normalized spacial score (nSPS) is 14.0. The molecule has 1 amide bonds. The summed E-state index contributed by atoms with van der Waals surface area (Å²) < 4.78 is 28.1. The fourth-order valence-electron chi connectivity index (χ4n) is 1.43. The van der Waals surface area contributed by atoms with Crippen molar-refractivity contribution in [3.8, 4) is 0 Å². The third kappa shape index (κ3) is 6.95. The van der Waals surface area contributed by atoms with E-state index in [1.165, 1.54) is 0 Å². The van der Waals surface area contributed by atoms with Crippen molar-refractivity contribution in [3.05, 3.63) is 0 Å². The summed E-state index contributed by atoms with van der Waals surface area (Å²) in [4.78, 5) is 11.7. The molecule has 0 aromatic rings. The third-order valence-electron chi connectivity index (χ3n) is 2.07. The smallest absolute Gasteiger partial charge is 0.408 e. The van der Waals surface area contributed by atoms with Gasteiger partial charge in [-0.25, -0.2) is 4.79 Å². The number of hydrogen-bond acceptors (Lipinski definition) is 5. The fraction of sp³-hybridized carbons (Fsp3) is 0.917. The lowest BCUT2D eigenvalue weighted by Crippen LogP contribution is -2.39. The molecule has 19 heavy (non-hydrogen) atoms. The number of carbonyl (C=O) groups excluding carboxylic acids is 1. The molecule has 0 radical (unpaired) electrons. The molecular formula is C12H26NO5P. The minimum atomic E-state index is -3.36. The SMILES string of the molecule is CCOP(=O)(OCC)C(CC)NC(=O)OC(C)(C)C. The molecule has 0 saturated heterocycles. The van der Waals surface area contributed by atoms with Gasteiger partial charge in [0.15, 0.2) is 0 Å². The fourth-order valence-corrected chi connectivity index (χ4v) is 3.29. The van der Waals surface area contributed by atoms with Gasteiger partial charge in [-0.3, -0.25) is 4.57 Å². The first-order chi connectivity index (χ1) is 8.68. The van der Waals surface area contributed by atoms with Gasteiger partial charge < -0.3 is 19.1 Å². The molecule has 6 nitrogen and oxygen atoms in total. The molecule has 0 saturated carbocycles. The number of nitrogens with one attached hydrogen (secondary N) is 1. The molecule has 1 N–H and O–H groups in total. The molecule has 0 aliphatic rings. The van der Waals surface area contributed by atoms with Gasteiger partial charge in [0.2, 0.25) is 0 Å². The van der Waals surface area contributed by atoms with Crippen LogP contribution in [0.4, 0.5) is 4.79 Å². The minimum Gasteiger partial charge on any atom is -0.444 e. The van der Waals surface area contributed by atoms with Gasteiger partial charge in [0, 0.05) is 0 Å². The van der Waals surface area contributed by atoms with E-state index in [0.717, 1.165) is 0 Å². The molecule has 1 atom stereocenters. The van der Waals surface area contributed by atoms with E-state index in [1.807, 2.05) is 0 Å². The molecule has 0 rings (SSSR count). The van der Waals surface area contributed by atoms with Crippen LogP contribution in [0.1, 0.15) is 48.0 Å². The highest BCUT2D eigenvalue weighted by molar-refractivity contribution is 7.54. The topological polar surface area (TPSA) is 73.9 Å². The van der Waals surface area contributed by atoms with Crippen LogP contribution in [0.2, 0.25) is 0 Å². The molecule has 1 unspecified atom stereocenters. The predicted octanol–water partition coefficient (Wildman–Crippen LogP) is 3.51. The summed E-state index contributed by atoms with van der Waals surface area (Å²) in [7, 11) is -3.36. The summed E-state index contributed by atoms with van der Waals surface area (Å²) in [6, 6.07) is 0. The first kappa shape index (κ1) is 18.4. The first-order valence-corrected chi connectivity index (χ1v) is 8.18. The Kier molecular flexibility index (Phi) is 7.64. The molecule has 0 aromatic carbocycles. The lowest BCUT2D eigenvalue weighted by Gasteiger charge is -2.27. The van der Waals surface area contributed by atoms with Crippen molar-refractivity contribution in [1.82, 2.24) is 5.32 Å². The van der Waals surface area contributed by atoms with Crippen molar-refractivity contribution in [2.24, 2.45) is 0 Å². The maximum atomic E-state index is 12.5. The Labute approximate surface area is 115 Å². The van der Waals surface area contributed by atoms with Gasteiger partial charge in [-0.15, -0.1) is 0 Å². The highest BCUT2D eigenvalue weighted by Crippen LogP contribution is 2.53. The summed E-state index contributed by atoms with van der Waals surface area (Å²) in [6.07, 6.45) is -0.199. The second-order valence-corrected chi connectivity index (χ2v) is 7.17. The van der Waals surface area contributed by atoms with Crippen LogP contribution in [0.25, 0.3) is 0 Å². The Hall–Kier alpha value is -0.580. The molecule has 0 spiro atoms. The van der Waals surface area contributed by atoms with E-state index in [4.69, 9.17) is 13.8 Å². The van der Waals surface area contributed by atoms with E-state index in [0.29, 0.717) is 6.42 Å². The first-order valence-electron chi connectivity index (χ1n) is 6.56. The van der Waals surface area contributed by atoms with Gasteiger partial charge in [0.1, 0.15) is 11.4 Å². The second-order valence-electron chi connectivity index (χ2n) is 4.95. The summed E-state index contributed by atoms with van der Waals surface area (Å²) >= 11 is 0. The van der Waals surface area contributed by atoms with E-state index in [9.17, 15) is 9.36 Å². The average molecular weight is 295 g/mol. The third-order valence-corrected chi connectivity index (χ3v) is 4.56. The monoisotopic (exact) mass is 295 g/mol. The van der Waals surface area contributed by atoms with Gasteiger partial charge in [-0.1, -0.05) is 6.92 Å². The lowest BCUT2D eigenvalue weighted by atomic mass is 10.2. The number of amides is 1. The van der Waals surface area contributed by atoms with Crippen molar-refractivity contribution in [3.63, 3.8) is 0 Å². The summed E-state index contributed by atoms with van der Waals surface area (Å²) in [5.74, 6) is -0.706.